The van der Waals surface area contributed by atoms with Gasteiger partial charge in [0, 0.05) is 33.2 Å². The number of hydrogen-bond acceptors (Lipinski definition) is 4. The second-order valence-corrected chi connectivity index (χ2v) is 4.36. The number of nitrogens with two attached hydrogens (primary N) is 1. The van der Waals surface area contributed by atoms with Crippen LogP contribution in [0.5, 0.6) is 0 Å². The van der Waals surface area contributed by atoms with Crippen LogP contribution in [-0.4, -0.2) is 47.0 Å². The monoisotopic (exact) mass is 224 g/mol. The van der Waals surface area contributed by atoms with Crippen LogP contribution in [0, 0.1) is 6.92 Å². The number of nitrogens with zero attached hydrogens (tertiary/aromatic N) is 3. The van der Waals surface area contributed by atoms with E-state index >= 15 is 0 Å². The standard InChI is InChI=1S/C11H20N4O/c1-9-5-10(14(2)13-9)7-15-3-4-16-11(6-12)8-15/h5,11H,3-4,6-8,12H2,1-2H3. The van der Waals surface area contributed by atoms with E-state index in [1.54, 1.807) is 0 Å². The van der Waals surface area contributed by atoms with Gasteiger partial charge in [0.2, 0.25) is 0 Å². The lowest BCUT2D eigenvalue weighted by molar-refractivity contribution is -0.0267. The fraction of sp³-hybridized carbons (Fsp3) is 0.727. The van der Waals surface area contributed by atoms with Crippen molar-refractivity contribution in [2.24, 2.45) is 12.8 Å². The molecule has 2 rings (SSSR count). The summed E-state index contributed by atoms with van der Waals surface area (Å²) in [5.74, 6) is 0. The Morgan fingerprint density at radius 3 is 3.06 bits per heavy atom. The fourth-order valence-electron chi connectivity index (χ4n) is 2.11. The van der Waals surface area contributed by atoms with Crippen molar-refractivity contribution in [1.82, 2.24) is 14.7 Å². The smallest absolute Gasteiger partial charge is 0.0824 e. The summed E-state index contributed by atoms with van der Waals surface area (Å²) in [4.78, 5) is 2.37. The van der Waals surface area contributed by atoms with Crippen LogP contribution in [0.15, 0.2) is 6.07 Å². The molecule has 90 valence electrons. The first-order chi connectivity index (χ1) is 7.69. The molecule has 1 atom stereocenters. The molecule has 1 aliphatic rings. The van der Waals surface area contributed by atoms with Gasteiger partial charge in [0.05, 0.1) is 24.1 Å². The third-order valence-corrected chi connectivity index (χ3v) is 2.97. The number of morpholine rings is 1. The number of rotatable bonds is 3. The van der Waals surface area contributed by atoms with E-state index in [9.17, 15) is 0 Å². The minimum absolute atomic E-state index is 0.183. The lowest BCUT2D eigenvalue weighted by Gasteiger charge is -2.32. The van der Waals surface area contributed by atoms with Crippen LogP contribution in [-0.2, 0) is 18.3 Å². The van der Waals surface area contributed by atoms with Crippen LogP contribution >= 0.6 is 0 Å². The minimum atomic E-state index is 0.183. The molecule has 5 heteroatoms. The first-order valence-electron chi connectivity index (χ1n) is 5.72. The third kappa shape index (κ3) is 2.61. The van der Waals surface area contributed by atoms with Crippen molar-refractivity contribution in [3.63, 3.8) is 0 Å². The van der Waals surface area contributed by atoms with Crippen LogP contribution in [0.3, 0.4) is 0 Å². The molecule has 1 fully saturated rings. The SMILES string of the molecule is Cc1cc(CN2CCOC(CN)C2)n(C)n1. The summed E-state index contributed by atoms with van der Waals surface area (Å²) in [7, 11) is 1.99. The molecule has 2 N–H and O–H groups in total. The van der Waals surface area contributed by atoms with E-state index in [1.807, 2.05) is 18.7 Å². The van der Waals surface area contributed by atoms with Crippen molar-refractivity contribution in [3.05, 3.63) is 17.5 Å². The summed E-state index contributed by atoms with van der Waals surface area (Å²) in [6, 6.07) is 2.13. The Hall–Kier alpha value is -0.910. The molecule has 1 saturated heterocycles. The van der Waals surface area contributed by atoms with Gasteiger partial charge in [0.1, 0.15) is 0 Å². The number of hydrogen-bond donors (Lipinski definition) is 1. The van der Waals surface area contributed by atoms with Crippen LogP contribution in [0.25, 0.3) is 0 Å². The van der Waals surface area contributed by atoms with E-state index in [0.29, 0.717) is 6.54 Å². The number of ether oxygens (including phenoxy) is 1. The first-order valence-corrected chi connectivity index (χ1v) is 5.72. The van der Waals surface area contributed by atoms with Gasteiger partial charge in [-0.2, -0.15) is 5.10 Å². The van der Waals surface area contributed by atoms with Crippen molar-refractivity contribution in [2.75, 3.05) is 26.2 Å². The Morgan fingerprint density at radius 2 is 2.44 bits per heavy atom. The summed E-state index contributed by atoms with van der Waals surface area (Å²) in [5, 5.41) is 4.35. The van der Waals surface area contributed by atoms with Gasteiger partial charge >= 0.3 is 0 Å². The topological polar surface area (TPSA) is 56.3 Å². The molecule has 0 amide bonds. The van der Waals surface area contributed by atoms with Gasteiger partial charge < -0.3 is 10.5 Å². The molecule has 1 unspecified atom stereocenters. The molecule has 5 nitrogen and oxygen atoms in total. The van der Waals surface area contributed by atoms with Gasteiger partial charge in [-0.1, -0.05) is 0 Å². The van der Waals surface area contributed by atoms with E-state index in [1.165, 1.54) is 5.69 Å². The second kappa shape index (κ2) is 4.95. The molecule has 1 aromatic rings. The van der Waals surface area contributed by atoms with Crippen LogP contribution in [0.1, 0.15) is 11.4 Å². The highest BCUT2D eigenvalue weighted by Crippen LogP contribution is 2.10. The molecule has 0 aliphatic carbocycles. The Balaban J connectivity index is 1.96. The molecule has 1 aliphatic heterocycles. The summed E-state index contributed by atoms with van der Waals surface area (Å²) in [6.45, 7) is 6.21. The predicted molar refractivity (Wildman–Crippen MR) is 62.0 cm³/mol. The normalized spacial score (nSPS) is 22.6. The zero-order chi connectivity index (χ0) is 11.5. The van der Waals surface area contributed by atoms with Gasteiger partial charge in [-0.25, -0.2) is 0 Å². The van der Waals surface area contributed by atoms with Crippen molar-refractivity contribution in [3.8, 4) is 0 Å². The van der Waals surface area contributed by atoms with Crippen molar-refractivity contribution >= 4 is 0 Å². The maximum atomic E-state index is 5.62. The maximum absolute atomic E-state index is 5.62. The second-order valence-electron chi connectivity index (χ2n) is 4.36. The summed E-state index contributed by atoms with van der Waals surface area (Å²) < 4.78 is 7.49. The first kappa shape index (κ1) is 11.6. The Kier molecular flexibility index (Phi) is 3.58. The maximum Gasteiger partial charge on any atom is 0.0824 e. The Morgan fingerprint density at radius 1 is 1.62 bits per heavy atom. The quantitative estimate of drug-likeness (QED) is 0.778. The van der Waals surface area contributed by atoms with Gasteiger partial charge in [-0.05, 0) is 13.0 Å². The van der Waals surface area contributed by atoms with Gasteiger partial charge in [-0.15, -0.1) is 0 Å². The van der Waals surface area contributed by atoms with Gasteiger partial charge in [0.25, 0.3) is 0 Å². The zero-order valence-electron chi connectivity index (χ0n) is 10.0. The van der Waals surface area contributed by atoms with E-state index < -0.39 is 0 Å². The summed E-state index contributed by atoms with van der Waals surface area (Å²) >= 11 is 0. The summed E-state index contributed by atoms with van der Waals surface area (Å²) in [5.41, 5.74) is 7.94. The molecule has 0 saturated carbocycles. The number of aryl methyl sites for hydroxylation is 2. The Labute approximate surface area is 96.2 Å². The van der Waals surface area contributed by atoms with Crippen molar-refractivity contribution in [1.29, 1.82) is 0 Å². The van der Waals surface area contributed by atoms with Crippen LogP contribution in [0.4, 0.5) is 0 Å². The highest BCUT2D eigenvalue weighted by atomic mass is 16.5. The molecule has 0 radical (unpaired) electrons. The average Bonchev–Trinajstić information content (AvgIpc) is 2.58. The fourth-order valence-corrected chi connectivity index (χ4v) is 2.11. The third-order valence-electron chi connectivity index (χ3n) is 2.97. The highest BCUT2D eigenvalue weighted by molar-refractivity contribution is 5.08. The molecular formula is C11H20N4O. The molecular weight excluding hydrogens is 204 g/mol. The molecule has 0 spiro atoms. The molecule has 0 aromatic carbocycles. The van der Waals surface area contributed by atoms with Crippen molar-refractivity contribution < 1.29 is 4.74 Å². The van der Waals surface area contributed by atoms with Crippen LogP contribution in [0.2, 0.25) is 0 Å². The van der Waals surface area contributed by atoms with Gasteiger partial charge in [0.15, 0.2) is 0 Å². The van der Waals surface area contributed by atoms with E-state index in [4.69, 9.17) is 10.5 Å². The molecule has 0 bridgehead atoms. The zero-order valence-corrected chi connectivity index (χ0v) is 10.0. The van der Waals surface area contributed by atoms with E-state index in [2.05, 4.69) is 16.1 Å². The largest absolute Gasteiger partial charge is 0.374 e. The minimum Gasteiger partial charge on any atom is -0.374 e. The molecule has 2 heterocycles. The van der Waals surface area contributed by atoms with Gasteiger partial charge in [-0.3, -0.25) is 9.58 Å². The molecule has 16 heavy (non-hydrogen) atoms. The van der Waals surface area contributed by atoms with Crippen LogP contribution < -0.4 is 5.73 Å². The van der Waals surface area contributed by atoms with E-state index in [0.717, 1.165) is 31.9 Å². The highest BCUT2D eigenvalue weighted by Gasteiger charge is 2.20. The number of aromatic nitrogens is 2. The van der Waals surface area contributed by atoms with Crippen molar-refractivity contribution in [2.45, 2.75) is 19.6 Å². The summed E-state index contributed by atoms with van der Waals surface area (Å²) in [6.07, 6.45) is 0.183. The Bertz CT molecular complexity index is 350. The van der Waals surface area contributed by atoms with E-state index in [-0.39, 0.29) is 6.10 Å². The molecule has 1 aromatic heterocycles. The lowest BCUT2D eigenvalue weighted by atomic mass is 10.2. The predicted octanol–water partition coefficient (Wildman–Crippen LogP) is -0.112. The lowest BCUT2D eigenvalue weighted by Crippen LogP contribution is -2.45. The average molecular weight is 224 g/mol.